The molecule has 20 heavy (non-hydrogen) atoms. The second kappa shape index (κ2) is 5.24. The highest BCUT2D eigenvalue weighted by molar-refractivity contribution is 5.89. The Hall–Kier alpha value is -2.51. The Balaban J connectivity index is 2.08. The largest absolute Gasteiger partial charge is 0.440 e. The van der Waals surface area contributed by atoms with Gasteiger partial charge in [0.15, 0.2) is 6.61 Å². The molecule has 1 heterocycles. The van der Waals surface area contributed by atoms with E-state index >= 15 is 0 Å². The number of hydrogen-bond donors (Lipinski definition) is 1. The molecule has 1 N–H and O–H groups in total. The summed E-state index contributed by atoms with van der Waals surface area (Å²) in [5, 5.41) is 2.65. The summed E-state index contributed by atoms with van der Waals surface area (Å²) in [6.45, 7) is -1.67. The van der Waals surface area contributed by atoms with Crippen LogP contribution in [0.3, 0.4) is 0 Å². The number of amides is 1. The van der Waals surface area contributed by atoms with Gasteiger partial charge in [0.25, 0.3) is 0 Å². The molecule has 2 rings (SSSR count). The Morgan fingerprint density at radius 3 is 2.70 bits per heavy atom. The van der Waals surface area contributed by atoms with E-state index in [1.165, 1.54) is 30.3 Å². The van der Waals surface area contributed by atoms with Gasteiger partial charge in [-0.1, -0.05) is 0 Å². The molecule has 106 valence electrons. The molecule has 1 aromatic heterocycles. The van der Waals surface area contributed by atoms with E-state index in [1.807, 2.05) is 0 Å². The fourth-order valence-electron chi connectivity index (χ4n) is 1.45. The van der Waals surface area contributed by atoms with Gasteiger partial charge in [0.1, 0.15) is 5.58 Å². The number of nitrogens with one attached hydrogen (secondary N) is 1. The van der Waals surface area contributed by atoms with Crippen LogP contribution < -0.4 is 10.9 Å². The molecule has 0 spiro atoms. The van der Waals surface area contributed by atoms with Crippen molar-refractivity contribution in [2.45, 2.75) is 6.18 Å². The molecule has 0 unspecified atom stereocenters. The van der Waals surface area contributed by atoms with Gasteiger partial charge in [0, 0.05) is 17.1 Å². The number of hydrogen-bond acceptors (Lipinski definition) is 4. The zero-order valence-electron chi connectivity index (χ0n) is 9.86. The van der Waals surface area contributed by atoms with Crippen LogP contribution in [0.1, 0.15) is 0 Å². The van der Waals surface area contributed by atoms with Gasteiger partial charge in [-0.3, -0.25) is 5.32 Å². The number of fused-ring (bicyclic) bond motifs is 1. The molecule has 8 heteroatoms. The number of ether oxygens (including phenoxy) is 1. The molecule has 0 aliphatic rings. The summed E-state index contributed by atoms with van der Waals surface area (Å²) < 4.78 is 44.4. The maximum absolute atomic E-state index is 11.9. The zero-order chi connectivity index (χ0) is 14.8. The Labute approximate surface area is 109 Å². The summed E-state index contributed by atoms with van der Waals surface area (Å²) in [6, 6.07) is 6.88. The van der Waals surface area contributed by atoms with Crippen molar-refractivity contribution in [3.63, 3.8) is 0 Å². The summed E-state index contributed by atoms with van der Waals surface area (Å²) in [4.78, 5) is 22.1. The molecule has 1 amide bonds. The summed E-state index contributed by atoms with van der Waals surface area (Å²) in [6.07, 6.45) is -5.80. The van der Waals surface area contributed by atoms with Crippen molar-refractivity contribution in [3.8, 4) is 0 Å². The Morgan fingerprint density at radius 2 is 2.00 bits per heavy atom. The molecular weight excluding hydrogens is 279 g/mol. The minimum atomic E-state index is -4.58. The van der Waals surface area contributed by atoms with Crippen LogP contribution in [0, 0.1) is 0 Å². The lowest BCUT2D eigenvalue weighted by Crippen LogP contribution is -2.23. The first-order chi connectivity index (χ1) is 9.33. The van der Waals surface area contributed by atoms with Crippen LogP contribution in [0.4, 0.5) is 23.7 Å². The normalized spacial score (nSPS) is 11.3. The van der Waals surface area contributed by atoms with Crippen LogP contribution in [0.2, 0.25) is 0 Å². The van der Waals surface area contributed by atoms with Gasteiger partial charge in [0.05, 0.1) is 0 Å². The van der Waals surface area contributed by atoms with E-state index in [1.54, 1.807) is 0 Å². The van der Waals surface area contributed by atoms with Crippen LogP contribution in [0.5, 0.6) is 0 Å². The van der Waals surface area contributed by atoms with E-state index in [0.29, 0.717) is 11.0 Å². The lowest BCUT2D eigenvalue weighted by atomic mass is 10.2. The minimum Gasteiger partial charge on any atom is -0.440 e. The average molecular weight is 287 g/mol. The van der Waals surface area contributed by atoms with E-state index < -0.39 is 24.5 Å². The van der Waals surface area contributed by atoms with Crippen molar-refractivity contribution in [2.75, 3.05) is 11.9 Å². The van der Waals surface area contributed by atoms with Gasteiger partial charge in [-0.05, 0) is 24.3 Å². The Bertz CT molecular complexity index is 693. The van der Waals surface area contributed by atoms with Crippen LogP contribution in [0.25, 0.3) is 11.0 Å². The van der Waals surface area contributed by atoms with Crippen LogP contribution >= 0.6 is 0 Å². The molecule has 0 fully saturated rings. The van der Waals surface area contributed by atoms with Crippen molar-refractivity contribution >= 4 is 22.7 Å². The number of carbonyl (C=O) groups excluding carboxylic acids is 1. The average Bonchev–Trinajstić information content (AvgIpc) is 2.36. The van der Waals surface area contributed by atoms with Crippen molar-refractivity contribution in [3.05, 3.63) is 40.8 Å². The number of benzene rings is 1. The summed E-state index contributed by atoms with van der Waals surface area (Å²) in [5.41, 5.74) is -0.00646. The predicted octanol–water partition coefficient (Wildman–Crippen LogP) is 2.90. The quantitative estimate of drug-likeness (QED) is 0.862. The fraction of sp³-hybridized carbons (Fsp3) is 0.167. The molecular formula is C12H8F3NO4. The minimum absolute atomic E-state index is 0.221. The number of carbonyl (C=O) groups is 1. The van der Waals surface area contributed by atoms with E-state index in [-0.39, 0.29) is 5.69 Å². The third-order valence-electron chi connectivity index (χ3n) is 2.23. The van der Waals surface area contributed by atoms with Crippen molar-refractivity contribution < 1.29 is 27.1 Å². The SMILES string of the molecule is O=C(Nc1ccc2oc(=O)ccc2c1)OCC(F)(F)F. The summed E-state index contributed by atoms with van der Waals surface area (Å²) in [7, 11) is 0. The second-order valence-electron chi connectivity index (χ2n) is 3.82. The lowest BCUT2D eigenvalue weighted by molar-refractivity contribution is -0.159. The van der Waals surface area contributed by atoms with E-state index in [4.69, 9.17) is 4.42 Å². The van der Waals surface area contributed by atoms with E-state index in [9.17, 15) is 22.8 Å². The molecule has 0 saturated carbocycles. The number of anilines is 1. The molecule has 0 aliphatic heterocycles. The first-order valence-corrected chi connectivity index (χ1v) is 5.38. The van der Waals surface area contributed by atoms with Gasteiger partial charge in [0.2, 0.25) is 0 Å². The monoisotopic (exact) mass is 287 g/mol. The van der Waals surface area contributed by atoms with Crippen molar-refractivity contribution in [1.82, 2.24) is 0 Å². The standard InChI is InChI=1S/C12H8F3NO4/c13-12(14,15)6-19-11(18)16-8-2-3-9-7(5-8)1-4-10(17)20-9/h1-5H,6H2,(H,16,18). The van der Waals surface area contributed by atoms with Crippen molar-refractivity contribution in [2.24, 2.45) is 0 Å². The van der Waals surface area contributed by atoms with E-state index in [2.05, 4.69) is 10.1 Å². The highest BCUT2D eigenvalue weighted by Gasteiger charge is 2.29. The van der Waals surface area contributed by atoms with Crippen molar-refractivity contribution in [1.29, 1.82) is 0 Å². The fourth-order valence-corrected chi connectivity index (χ4v) is 1.45. The lowest BCUT2D eigenvalue weighted by Gasteiger charge is -2.09. The molecule has 0 atom stereocenters. The van der Waals surface area contributed by atoms with Gasteiger partial charge in [-0.25, -0.2) is 9.59 Å². The van der Waals surface area contributed by atoms with E-state index in [0.717, 1.165) is 0 Å². The first kappa shape index (κ1) is 13.9. The summed E-state index contributed by atoms with van der Waals surface area (Å²) >= 11 is 0. The third kappa shape index (κ3) is 3.74. The topological polar surface area (TPSA) is 68.5 Å². The zero-order valence-corrected chi connectivity index (χ0v) is 9.86. The highest BCUT2D eigenvalue weighted by atomic mass is 19.4. The predicted molar refractivity (Wildman–Crippen MR) is 63.5 cm³/mol. The van der Waals surface area contributed by atoms with Gasteiger partial charge in [-0.15, -0.1) is 0 Å². The molecule has 2 aromatic rings. The van der Waals surface area contributed by atoms with Gasteiger partial charge >= 0.3 is 17.9 Å². The second-order valence-corrected chi connectivity index (χ2v) is 3.82. The van der Waals surface area contributed by atoms with Crippen LogP contribution in [-0.4, -0.2) is 18.9 Å². The number of halogens is 3. The van der Waals surface area contributed by atoms with Crippen LogP contribution in [-0.2, 0) is 4.74 Å². The van der Waals surface area contributed by atoms with Gasteiger partial charge in [-0.2, -0.15) is 13.2 Å². The molecule has 0 aliphatic carbocycles. The molecule has 5 nitrogen and oxygen atoms in total. The maximum atomic E-state index is 11.9. The Kier molecular flexibility index (Phi) is 3.64. The molecule has 1 aromatic carbocycles. The number of rotatable bonds is 2. The van der Waals surface area contributed by atoms with Gasteiger partial charge < -0.3 is 9.15 Å². The third-order valence-corrected chi connectivity index (χ3v) is 2.23. The molecule has 0 saturated heterocycles. The molecule has 0 bridgehead atoms. The highest BCUT2D eigenvalue weighted by Crippen LogP contribution is 2.18. The Morgan fingerprint density at radius 1 is 1.25 bits per heavy atom. The first-order valence-electron chi connectivity index (χ1n) is 5.38. The summed E-state index contributed by atoms with van der Waals surface area (Å²) in [5.74, 6) is 0. The molecule has 0 radical (unpaired) electrons. The number of alkyl halides is 3. The smallest absolute Gasteiger partial charge is 0.422 e. The maximum Gasteiger partial charge on any atom is 0.422 e. The van der Waals surface area contributed by atoms with Crippen LogP contribution in [0.15, 0.2) is 39.5 Å².